The van der Waals surface area contributed by atoms with Gasteiger partial charge in [-0.1, -0.05) is 0 Å². The van der Waals surface area contributed by atoms with E-state index in [2.05, 4.69) is 4.74 Å². The summed E-state index contributed by atoms with van der Waals surface area (Å²) in [4.78, 5) is 21.6. The average Bonchev–Trinajstić information content (AvgIpc) is 2.36. The maximum atomic E-state index is 11.3. The molecule has 0 aliphatic carbocycles. The van der Waals surface area contributed by atoms with Crippen molar-refractivity contribution < 1.29 is 23.4 Å². The Labute approximate surface area is 112 Å². The molecule has 0 amide bonds. The Morgan fingerprint density at radius 2 is 2.16 bits per heavy atom. The lowest BCUT2D eigenvalue weighted by Gasteiger charge is -2.07. The number of benzene rings is 1. The Hall–Kier alpha value is -1.96. The van der Waals surface area contributed by atoms with Crippen LogP contribution in [0.1, 0.15) is 6.92 Å². The van der Waals surface area contributed by atoms with Crippen molar-refractivity contribution >= 4 is 22.5 Å². The van der Waals surface area contributed by atoms with Gasteiger partial charge in [-0.05, 0) is 19.1 Å². The van der Waals surface area contributed by atoms with Crippen molar-refractivity contribution in [3.63, 3.8) is 0 Å². The first-order chi connectivity index (χ1) is 8.95. The Morgan fingerprint density at radius 1 is 1.47 bits per heavy atom. The second-order valence-corrected chi connectivity index (χ2v) is 4.81. The Balaban J connectivity index is 2.91. The normalized spacial score (nSPS) is 11.7. The highest BCUT2D eigenvalue weighted by Crippen LogP contribution is 2.28. The van der Waals surface area contributed by atoms with Gasteiger partial charge in [0.05, 0.1) is 22.3 Å². The highest BCUT2D eigenvalue weighted by Gasteiger charge is 2.18. The summed E-state index contributed by atoms with van der Waals surface area (Å²) in [6.07, 6.45) is 1.41. The summed E-state index contributed by atoms with van der Waals surface area (Å²) < 4.78 is 20.9. The number of rotatable bonds is 6. The molecule has 0 saturated heterocycles. The predicted molar refractivity (Wildman–Crippen MR) is 67.6 cm³/mol. The van der Waals surface area contributed by atoms with Crippen LogP contribution in [0.3, 0.4) is 0 Å². The number of nitro groups is 1. The van der Waals surface area contributed by atoms with Crippen LogP contribution in [0.25, 0.3) is 0 Å². The monoisotopic (exact) mass is 287 g/mol. The van der Waals surface area contributed by atoms with Crippen molar-refractivity contribution in [1.82, 2.24) is 0 Å². The predicted octanol–water partition coefficient (Wildman–Crippen LogP) is 1.27. The minimum Gasteiger partial charge on any atom is -0.475 e. The molecule has 1 aromatic rings. The summed E-state index contributed by atoms with van der Waals surface area (Å²) in [7, 11) is -1.33. The van der Waals surface area contributed by atoms with Crippen molar-refractivity contribution in [3.8, 4) is 5.75 Å². The molecule has 104 valence electrons. The molecule has 0 aliphatic heterocycles. The van der Waals surface area contributed by atoms with Crippen LogP contribution in [0.15, 0.2) is 23.1 Å². The zero-order valence-electron chi connectivity index (χ0n) is 10.5. The first-order valence-corrected chi connectivity index (χ1v) is 6.91. The molecule has 1 atom stereocenters. The summed E-state index contributed by atoms with van der Waals surface area (Å²) in [6.45, 7) is 1.44. The molecule has 19 heavy (non-hydrogen) atoms. The molecule has 1 rings (SSSR count). The highest BCUT2D eigenvalue weighted by molar-refractivity contribution is 7.84. The van der Waals surface area contributed by atoms with E-state index >= 15 is 0 Å². The third kappa shape index (κ3) is 4.32. The fraction of sp³-hybridized carbons (Fsp3) is 0.364. The van der Waals surface area contributed by atoms with Gasteiger partial charge in [0.1, 0.15) is 0 Å². The van der Waals surface area contributed by atoms with E-state index in [1.165, 1.54) is 18.4 Å². The zero-order valence-corrected chi connectivity index (χ0v) is 11.3. The van der Waals surface area contributed by atoms with E-state index in [1.54, 1.807) is 6.92 Å². The molecule has 0 N–H and O–H groups in total. The van der Waals surface area contributed by atoms with E-state index in [1.807, 2.05) is 0 Å². The third-order valence-corrected chi connectivity index (χ3v) is 3.03. The van der Waals surface area contributed by atoms with Gasteiger partial charge < -0.3 is 9.47 Å². The fourth-order valence-electron chi connectivity index (χ4n) is 1.28. The van der Waals surface area contributed by atoms with Gasteiger partial charge in [0.25, 0.3) is 0 Å². The summed E-state index contributed by atoms with van der Waals surface area (Å²) in [6, 6.07) is 3.92. The molecule has 0 heterocycles. The quantitative estimate of drug-likeness (QED) is 0.444. The van der Waals surface area contributed by atoms with Crippen molar-refractivity contribution in [2.75, 3.05) is 19.5 Å². The maximum Gasteiger partial charge on any atom is 0.344 e. The van der Waals surface area contributed by atoms with Gasteiger partial charge in [0, 0.05) is 17.2 Å². The van der Waals surface area contributed by atoms with Gasteiger partial charge in [-0.3, -0.25) is 14.3 Å². The van der Waals surface area contributed by atoms with Gasteiger partial charge in [0.2, 0.25) is 0 Å². The van der Waals surface area contributed by atoms with Gasteiger partial charge in [-0.15, -0.1) is 0 Å². The number of hydrogen-bond acceptors (Lipinski definition) is 6. The molecule has 0 fully saturated rings. The van der Waals surface area contributed by atoms with Crippen molar-refractivity contribution in [3.05, 3.63) is 28.3 Å². The molecular formula is C11H13NO6S. The molecule has 1 unspecified atom stereocenters. The lowest BCUT2D eigenvalue weighted by Crippen LogP contribution is -2.15. The molecule has 7 nitrogen and oxygen atoms in total. The number of carbonyl (C=O) groups is 1. The highest BCUT2D eigenvalue weighted by atomic mass is 32.2. The second-order valence-electron chi connectivity index (χ2n) is 3.43. The van der Waals surface area contributed by atoms with E-state index < -0.39 is 28.3 Å². The van der Waals surface area contributed by atoms with E-state index in [4.69, 9.17) is 4.74 Å². The summed E-state index contributed by atoms with van der Waals surface area (Å²) in [5, 5.41) is 10.9. The van der Waals surface area contributed by atoms with Crippen LogP contribution in [-0.2, 0) is 20.3 Å². The van der Waals surface area contributed by atoms with Crippen molar-refractivity contribution in [1.29, 1.82) is 0 Å². The van der Waals surface area contributed by atoms with Crippen molar-refractivity contribution in [2.24, 2.45) is 0 Å². The minimum absolute atomic E-state index is 0.0627. The van der Waals surface area contributed by atoms with Gasteiger partial charge in [-0.25, -0.2) is 4.79 Å². The van der Waals surface area contributed by atoms with Gasteiger partial charge in [-0.2, -0.15) is 0 Å². The van der Waals surface area contributed by atoms with Crippen LogP contribution in [0.4, 0.5) is 5.69 Å². The Bertz CT molecular complexity index is 516. The molecule has 8 heteroatoms. The average molecular weight is 287 g/mol. The number of esters is 1. The van der Waals surface area contributed by atoms with Crippen LogP contribution in [0, 0.1) is 10.1 Å². The van der Waals surface area contributed by atoms with Crippen LogP contribution < -0.4 is 4.74 Å². The standard InChI is InChI=1S/C11H13NO6S/c1-3-17-11(13)7-18-10-5-4-8(19(2)16)6-9(10)12(14)15/h4-6H,3,7H2,1-2H3. The second kappa shape index (κ2) is 6.83. The largest absolute Gasteiger partial charge is 0.475 e. The first-order valence-electron chi connectivity index (χ1n) is 5.36. The summed E-state index contributed by atoms with van der Waals surface area (Å²) in [5.41, 5.74) is -0.336. The molecule has 0 saturated carbocycles. The number of hydrogen-bond donors (Lipinski definition) is 0. The van der Waals surface area contributed by atoms with Crippen molar-refractivity contribution in [2.45, 2.75) is 11.8 Å². The van der Waals surface area contributed by atoms with E-state index in [0.717, 1.165) is 6.07 Å². The molecular weight excluding hydrogens is 274 g/mol. The summed E-state index contributed by atoms with van der Waals surface area (Å²) >= 11 is 0. The van der Waals surface area contributed by atoms with Crippen LogP contribution in [0.2, 0.25) is 0 Å². The Morgan fingerprint density at radius 3 is 2.68 bits per heavy atom. The number of carbonyl (C=O) groups excluding carboxylic acids is 1. The van der Waals surface area contributed by atoms with Gasteiger partial charge >= 0.3 is 11.7 Å². The minimum atomic E-state index is -1.33. The number of nitro benzene ring substituents is 1. The van der Waals surface area contributed by atoms with Crippen LogP contribution >= 0.6 is 0 Å². The molecule has 0 bridgehead atoms. The molecule has 1 aromatic carbocycles. The Kier molecular flexibility index (Phi) is 5.43. The first kappa shape index (κ1) is 15.1. The van der Waals surface area contributed by atoms with E-state index in [0.29, 0.717) is 4.90 Å². The molecule has 0 radical (unpaired) electrons. The van der Waals surface area contributed by atoms with E-state index in [9.17, 15) is 19.1 Å². The number of ether oxygens (including phenoxy) is 2. The number of nitrogens with zero attached hydrogens (tertiary/aromatic N) is 1. The molecule has 0 spiro atoms. The van der Waals surface area contributed by atoms with Crippen LogP contribution in [0.5, 0.6) is 5.75 Å². The zero-order chi connectivity index (χ0) is 14.4. The lowest BCUT2D eigenvalue weighted by molar-refractivity contribution is -0.386. The third-order valence-electron chi connectivity index (χ3n) is 2.11. The SMILES string of the molecule is CCOC(=O)COc1ccc(S(C)=O)cc1[N+](=O)[O-]. The molecule has 0 aliphatic rings. The van der Waals surface area contributed by atoms with Crippen LogP contribution in [-0.4, -0.2) is 34.6 Å². The maximum absolute atomic E-state index is 11.3. The van der Waals surface area contributed by atoms with E-state index in [-0.39, 0.29) is 18.0 Å². The molecule has 0 aromatic heterocycles. The lowest BCUT2D eigenvalue weighted by atomic mass is 10.3. The smallest absolute Gasteiger partial charge is 0.344 e. The fourth-order valence-corrected chi connectivity index (χ4v) is 1.82. The summed E-state index contributed by atoms with van der Waals surface area (Å²) in [5.74, 6) is -0.674. The van der Waals surface area contributed by atoms with Gasteiger partial charge in [0.15, 0.2) is 12.4 Å². The topological polar surface area (TPSA) is 95.7 Å².